The van der Waals surface area contributed by atoms with Gasteiger partial charge in [0.15, 0.2) is 0 Å². The molecule has 0 aliphatic heterocycles. The first kappa shape index (κ1) is 24.5. The number of hydrogen-bond acceptors (Lipinski definition) is 4. The van der Waals surface area contributed by atoms with Gasteiger partial charge in [0.2, 0.25) is 0 Å². The number of thiazole rings is 1. The third-order valence-electron chi connectivity index (χ3n) is 7.37. The Morgan fingerprint density at radius 1 is 0.463 bits per heavy atom. The van der Waals surface area contributed by atoms with E-state index in [1.165, 1.54) is 15.5 Å². The molecule has 0 bridgehead atoms. The lowest BCUT2D eigenvalue weighted by atomic mass is 9.93. The van der Waals surface area contributed by atoms with Gasteiger partial charge in [-0.15, -0.1) is 11.3 Å². The molecular weight excluding hydrogens is 518 g/mol. The van der Waals surface area contributed by atoms with Crippen molar-refractivity contribution in [1.82, 2.24) is 4.98 Å². The Kier molecular flexibility index (Phi) is 6.10. The van der Waals surface area contributed by atoms with Gasteiger partial charge in [-0.05, 0) is 92.7 Å². The number of fused-ring (bicyclic) bond motifs is 2. The van der Waals surface area contributed by atoms with Gasteiger partial charge in [-0.2, -0.15) is 10.5 Å². The van der Waals surface area contributed by atoms with E-state index in [-0.39, 0.29) is 0 Å². The molecule has 0 fully saturated rings. The SMILES string of the molecule is N#Cc1ccc(-c2ccc(-c3cc(-c4ccc5ccccc5c4)cc(-c4nc5ccccc5s4)c3)cc2)cc1C#N. The average molecular weight is 540 g/mol. The second-order valence-electron chi connectivity index (χ2n) is 9.91. The van der Waals surface area contributed by atoms with Crippen LogP contribution < -0.4 is 0 Å². The summed E-state index contributed by atoms with van der Waals surface area (Å²) in [6.07, 6.45) is 0. The van der Waals surface area contributed by atoms with Crippen molar-refractivity contribution in [3.05, 3.63) is 139 Å². The van der Waals surface area contributed by atoms with Crippen LogP contribution in [0.1, 0.15) is 11.1 Å². The summed E-state index contributed by atoms with van der Waals surface area (Å²) in [5, 5.41) is 22.1. The van der Waals surface area contributed by atoms with Crippen molar-refractivity contribution in [2.24, 2.45) is 0 Å². The summed E-state index contributed by atoms with van der Waals surface area (Å²) in [4.78, 5) is 4.96. The number of rotatable bonds is 4. The first-order valence-electron chi connectivity index (χ1n) is 13.2. The number of nitriles is 2. The Morgan fingerprint density at radius 3 is 1.80 bits per heavy atom. The summed E-state index contributed by atoms with van der Waals surface area (Å²) in [6, 6.07) is 47.9. The van der Waals surface area contributed by atoms with Crippen molar-refractivity contribution in [2.45, 2.75) is 0 Å². The molecule has 0 amide bonds. The molecule has 6 aromatic carbocycles. The van der Waals surface area contributed by atoms with Crippen LogP contribution in [0.2, 0.25) is 0 Å². The molecule has 3 nitrogen and oxygen atoms in total. The lowest BCUT2D eigenvalue weighted by Gasteiger charge is -2.11. The van der Waals surface area contributed by atoms with Gasteiger partial charge in [0.05, 0.1) is 21.3 Å². The van der Waals surface area contributed by atoms with Gasteiger partial charge < -0.3 is 0 Å². The fourth-order valence-corrected chi connectivity index (χ4v) is 6.17. The summed E-state index contributed by atoms with van der Waals surface area (Å²) in [5.74, 6) is 0. The van der Waals surface area contributed by atoms with Gasteiger partial charge in [-0.25, -0.2) is 4.98 Å². The van der Waals surface area contributed by atoms with Crippen molar-refractivity contribution in [3.63, 3.8) is 0 Å². The predicted octanol–water partition coefficient (Wildman–Crippen LogP) is 9.86. The zero-order valence-corrected chi connectivity index (χ0v) is 22.7. The normalized spacial score (nSPS) is 10.9. The van der Waals surface area contributed by atoms with E-state index in [1.54, 1.807) is 23.5 Å². The molecule has 0 spiro atoms. The van der Waals surface area contributed by atoms with Crippen LogP contribution in [0, 0.1) is 22.7 Å². The van der Waals surface area contributed by atoms with Crippen LogP contribution >= 0.6 is 11.3 Å². The van der Waals surface area contributed by atoms with Crippen LogP contribution in [0.15, 0.2) is 127 Å². The van der Waals surface area contributed by atoms with E-state index in [0.29, 0.717) is 11.1 Å². The highest BCUT2D eigenvalue weighted by Crippen LogP contribution is 2.37. The molecule has 4 heteroatoms. The van der Waals surface area contributed by atoms with Crippen LogP contribution in [-0.2, 0) is 0 Å². The third kappa shape index (κ3) is 4.64. The molecule has 0 aliphatic carbocycles. The van der Waals surface area contributed by atoms with E-state index in [0.717, 1.165) is 49.5 Å². The lowest BCUT2D eigenvalue weighted by molar-refractivity contribution is 1.43. The van der Waals surface area contributed by atoms with Crippen molar-refractivity contribution in [1.29, 1.82) is 10.5 Å². The van der Waals surface area contributed by atoms with E-state index in [4.69, 9.17) is 4.98 Å². The fraction of sp³-hybridized carbons (Fsp3) is 0. The number of para-hydroxylation sites is 1. The highest BCUT2D eigenvalue weighted by Gasteiger charge is 2.12. The van der Waals surface area contributed by atoms with E-state index in [2.05, 4.69) is 115 Å². The highest BCUT2D eigenvalue weighted by atomic mass is 32.1. The van der Waals surface area contributed by atoms with Crippen LogP contribution in [0.25, 0.3) is 64.9 Å². The smallest absolute Gasteiger partial charge is 0.124 e. The molecule has 7 aromatic rings. The second kappa shape index (κ2) is 10.2. The predicted molar refractivity (Wildman–Crippen MR) is 168 cm³/mol. The Balaban J connectivity index is 1.34. The van der Waals surface area contributed by atoms with E-state index >= 15 is 0 Å². The van der Waals surface area contributed by atoms with Crippen LogP contribution in [-0.4, -0.2) is 4.98 Å². The van der Waals surface area contributed by atoms with Crippen molar-refractivity contribution in [2.75, 3.05) is 0 Å². The molecule has 0 unspecified atom stereocenters. The number of nitrogens with zero attached hydrogens (tertiary/aromatic N) is 3. The van der Waals surface area contributed by atoms with Gasteiger partial charge >= 0.3 is 0 Å². The number of hydrogen-bond donors (Lipinski definition) is 0. The van der Waals surface area contributed by atoms with Gasteiger partial charge in [-0.1, -0.05) is 78.9 Å². The average Bonchev–Trinajstić information content (AvgIpc) is 3.49. The number of aromatic nitrogens is 1. The van der Waals surface area contributed by atoms with E-state index in [1.807, 2.05) is 12.1 Å². The molecule has 1 heterocycles. The van der Waals surface area contributed by atoms with Gasteiger partial charge in [-0.3, -0.25) is 0 Å². The van der Waals surface area contributed by atoms with Crippen molar-refractivity contribution >= 4 is 32.3 Å². The van der Waals surface area contributed by atoms with Gasteiger partial charge in [0, 0.05) is 5.56 Å². The summed E-state index contributed by atoms with van der Waals surface area (Å²) in [7, 11) is 0. The van der Waals surface area contributed by atoms with Crippen molar-refractivity contribution in [3.8, 4) is 56.1 Å². The summed E-state index contributed by atoms with van der Waals surface area (Å²) >= 11 is 1.71. The maximum atomic E-state index is 9.45. The lowest BCUT2D eigenvalue weighted by Crippen LogP contribution is -1.88. The first-order valence-corrected chi connectivity index (χ1v) is 14.1. The Labute approximate surface area is 241 Å². The van der Waals surface area contributed by atoms with Crippen LogP contribution in [0.5, 0.6) is 0 Å². The van der Waals surface area contributed by atoms with Crippen LogP contribution in [0.3, 0.4) is 0 Å². The summed E-state index contributed by atoms with van der Waals surface area (Å²) < 4.78 is 1.17. The van der Waals surface area contributed by atoms with Gasteiger partial charge in [0.25, 0.3) is 0 Å². The van der Waals surface area contributed by atoms with Gasteiger partial charge in [0.1, 0.15) is 17.1 Å². The monoisotopic (exact) mass is 539 g/mol. The summed E-state index contributed by atoms with van der Waals surface area (Å²) in [5.41, 5.74) is 9.26. The molecule has 190 valence electrons. The maximum absolute atomic E-state index is 9.45. The second-order valence-corrected chi connectivity index (χ2v) is 10.9. The zero-order valence-electron chi connectivity index (χ0n) is 21.9. The first-order chi connectivity index (χ1) is 20.2. The molecule has 41 heavy (non-hydrogen) atoms. The molecule has 0 radical (unpaired) electrons. The standard InChI is InChI=1S/C37H21N3S/c38-22-30-16-15-28(18-34(30)23-39)25-9-11-26(12-10-25)31-19-32(29-14-13-24-5-1-2-6-27(24)17-29)21-33(20-31)37-40-35-7-3-4-8-36(35)41-37/h1-21H. The molecule has 0 aliphatic rings. The zero-order chi connectivity index (χ0) is 27.8. The molecule has 0 saturated carbocycles. The quantitative estimate of drug-likeness (QED) is 0.224. The molecule has 0 atom stereocenters. The third-order valence-corrected chi connectivity index (χ3v) is 8.45. The molecule has 0 N–H and O–H groups in total. The minimum atomic E-state index is 0.387. The summed E-state index contributed by atoms with van der Waals surface area (Å²) in [6.45, 7) is 0. The van der Waals surface area contributed by atoms with E-state index < -0.39 is 0 Å². The Hall–Kier alpha value is -5.55. The maximum Gasteiger partial charge on any atom is 0.124 e. The molecular formula is C37H21N3S. The van der Waals surface area contributed by atoms with Crippen molar-refractivity contribution < 1.29 is 0 Å². The Bertz CT molecular complexity index is 2140. The number of benzene rings is 6. The van der Waals surface area contributed by atoms with Crippen LogP contribution in [0.4, 0.5) is 0 Å². The highest BCUT2D eigenvalue weighted by molar-refractivity contribution is 7.21. The topological polar surface area (TPSA) is 60.5 Å². The minimum Gasteiger partial charge on any atom is -0.236 e. The molecule has 1 aromatic heterocycles. The largest absolute Gasteiger partial charge is 0.236 e. The molecule has 0 saturated heterocycles. The minimum absolute atomic E-state index is 0.387. The van der Waals surface area contributed by atoms with E-state index in [9.17, 15) is 10.5 Å². The molecule has 7 rings (SSSR count). The Morgan fingerprint density at radius 2 is 1.05 bits per heavy atom. The fourth-order valence-electron chi connectivity index (χ4n) is 5.22.